The van der Waals surface area contributed by atoms with Crippen LogP contribution in [0.4, 0.5) is 17.1 Å². The quantitative estimate of drug-likeness (QED) is 0.160. The van der Waals surface area contributed by atoms with Crippen molar-refractivity contribution in [1.82, 2.24) is 0 Å². The lowest BCUT2D eigenvalue weighted by atomic mass is 9.85. The standard InChI is InChI=1S/C54H35NO/c1-3-16-37(17-4-1)53-49-26-10-9-24-45(49)46-31-29-41(34-50(46)54(53)38-18-5-2-6-19-38)55(42-30-32-48-47-25-11-12-28-51(47)56-52(48)35-42)40-22-13-21-39(33-40)44-27-14-20-36-15-7-8-23-43(36)44/h1-35H. The van der Waals surface area contributed by atoms with Crippen molar-refractivity contribution in [3.05, 3.63) is 212 Å². The molecule has 1 heterocycles. The number of anilines is 3. The van der Waals surface area contributed by atoms with Gasteiger partial charge in [-0.1, -0.05) is 164 Å². The van der Waals surface area contributed by atoms with Gasteiger partial charge in [0.15, 0.2) is 0 Å². The highest BCUT2D eigenvalue weighted by Gasteiger charge is 2.21. The molecular weight excluding hydrogens is 679 g/mol. The normalized spacial score (nSPS) is 11.6. The predicted molar refractivity (Wildman–Crippen MR) is 237 cm³/mol. The van der Waals surface area contributed by atoms with Gasteiger partial charge in [0.2, 0.25) is 0 Å². The minimum Gasteiger partial charge on any atom is -0.456 e. The summed E-state index contributed by atoms with van der Waals surface area (Å²) in [4.78, 5) is 2.38. The van der Waals surface area contributed by atoms with Crippen LogP contribution in [-0.4, -0.2) is 0 Å². The summed E-state index contributed by atoms with van der Waals surface area (Å²) < 4.78 is 6.49. The Balaban J connectivity index is 1.20. The Morgan fingerprint density at radius 2 is 0.804 bits per heavy atom. The summed E-state index contributed by atoms with van der Waals surface area (Å²) in [5.74, 6) is 0. The molecule has 1 aromatic heterocycles. The molecule has 11 aromatic rings. The Hall–Kier alpha value is -7.42. The molecule has 0 bridgehead atoms. The molecule has 10 aromatic carbocycles. The van der Waals surface area contributed by atoms with E-state index < -0.39 is 0 Å². The number of nitrogens with zero attached hydrogens (tertiary/aromatic N) is 1. The second-order valence-corrected chi connectivity index (χ2v) is 14.4. The van der Waals surface area contributed by atoms with Crippen molar-refractivity contribution in [2.24, 2.45) is 0 Å². The zero-order valence-electron chi connectivity index (χ0n) is 30.6. The van der Waals surface area contributed by atoms with Crippen molar-refractivity contribution in [3.63, 3.8) is 0 Å². The van der Waals surface area contributed by atoms with Crippen LogP contribution >= 0.6 is 0 Å². The van der Waals surface area contributed by atoms with E-state index in [1.54, 1.807) is 0 Å². The van der Waals surface area contributed by atoms with Gasteiger partial charge < -0.3 is 9.32 Å². The average molecular weight is 714 g/mol. The maximum Gasteiger partial charge on any atom is 0.137 e. The van der Waals surface area contributed by atoms with Crippen molar-refractivity contribution in [2.45, 2.75) is 0 Å². The first kappa shape index (κ1) is 32.0. The monoisotopic (exact) mass is 713 g/mol. The Bertz CT molecular complexity index is 3250. The molecule has 0 unspecified atom stereocenters. The molecule has 11 rings (SSSR count). The molecule has 0 aliphatic carbocycles. The first-order valence-corrected chi connectivity index (χ1v) is 19.2. The first-order valence-electron chi connectivity index (χ1n) is 19.2. The molecule has 0 saturated carbocycles. The maximum absolute atomic E-state index is 6.49. The number of fused-ring (bicyclic) bond motifs is 7. The SMILES string of the molecule is c1ccc(-c2c(-c3ccccc3)c3cc(N(c4cccc(-c5cccc6ccccc56)c4)c4ccc5c(c4)oc4ccccc45)ccc3c3ccccc23)cc1. The van der Waals surface area contributed by atoms with Gasteiger partial charge in [0.05, 0.1) is 0 Å². The molecule has 0 aliphatic rings. The van der Waals surface area contributed by atoms with Crippen LogP contribution in [0.15, 0.2) is 217 Å². The number of para-hydroxylation sites is 1. The largest absolute Gasteiger partial charge is 0.456 e. The lowest BCUT2D eigenvalue weighted by Crippen LogP contribution is -2.10. The topological polar surface area (TPSA) is 16.4 Å². The maximum atomic E-state index is 6.49. The van der Waals surface area contributed by atoms with Crippen LogP contribution in [-0.2, 0) is 0 Å². The van der Waals surface area contributed by atoms with E-state index in [2.05, 4.69) is 205 Å². The third-order valence-electron chi connectivity index (χ3n) is 11.2. The molecule has 0 aliphatic heterocycles. The van der Waals surface area contributed by atoms with E-state index in [0.29, 0.717) is 0 Å². The summed E-state index contributed by atoms with van der Waals surface area (Å²) in [6.45, 7) is 0. The molecule has 0 saturated heterocycles. The Labute approximate surface area is 325 Å². The summed E-state index contributed by atoms with van der Waals surface area (Å²) >= 11 is 0. The van der Waals surface area contributed by atoms with Crippen molar-refractivity contribution < 1.29 is 4.42 Å². The van der Waals surface area contributed by atoms with Gasteiger partial charge in [0, 0.05) is 33.9 Å². The molecule has 2 nitrogen and oxygen atoms in total. The summed E-state index contributed by atoms with van der Waals surface area (Å²) in [6, 6.07) is 76.6. The van der Waals surface area contributed by atoms with E-state index in [9.17, 15) is 0 Å². The summed E-state index contributed by atoms with van der Waals surface area (Å²) in [5, 5.41) is 9.60. The highest BCUT2D eigenvalue weighted by molar-refractivity contribution is 6.22. The third kappa shape index (κ3) is 5.26. The van der Waals surface area contributed by atoms with Crippen LogP contribution in [0.1, 0.15) is 0 Å². The molecule has 0 spiro atoms. The van der Waals surface area contributed by atoms with Crippen LogP contribution in [0.3, 0.4) is 0 Å². The van der Waals surface area contributed by atoms with Crippen molar-refractivity contribution in [1.29, 1.82) is 0 Å². The van der Waals surface area contributed by atoms with E-state index in [-0.39, 0.29) is 0 Å². The first-order chi connectivity index (χ1) is 27.8. The average Bonchev–Trinajstić information content (AvgIpc) is 3.64. The van der Waals surface area contributed by atoms with Crippen LogP contribution in [0, 0.1) is 0 Å². The second-order valence-electron chi connectivity index (χ2n) is 14.4. The van der Waals surface area contributed by atoms with Crippen LogP contribution in [0.2, 0.25) is 0 Å². The van der Waals surface area contributed by atoms with E-state index in [0.717, 1.165) is 44.6 Å². The summed E-state index contributed by atoms with van der Waals surface area (Å²) in [7, 11) is 0. The van der Waals surface area contributed by atoms with E-state index in [4.69, 9.17) is 4.42 Å². The van der Waals surface area contributed by atoms with E-state index >= 15 is 0 Å². The lowest BCUT2D eigenvalue weighted by molar-refractivity contribution is 0.669. The molecule has 0 N–H and O–H groups in total. The van der Waals surface area contributed by atoms with Gasteiger partial charge in [-0.25, -0.2) is 0 Å². The van der Waals surface area contributed by atoms with Gasteiger partial charge in [-0.05, 0) is 108 Å². The number of furan rings is 1. The van der Waals surface area contributed by atoms with Crippen LogP contribution in [0.5, 0.6) is 0 Å². The van der Waals surface area contributed by atoms with Crippen molar-refractivity contribution in [2.75, 3.05) is 4.90 Å². The highest BCUT2D eigenvalue weighted by atomic mass is 16.3. The van der Waals surface area contributed by atoms with Gasteiger partial charge in [-0.2, -0.15) is 0 Å². The molecule has 56 heavy (non-hydrogen) atoms. The van der Waals surface area contributed by atoms with Crippen molar-refractivity contribution >= 4 is 71.3 Å². The molecule has 0 atom stereocenters. The lowest BCUT2D eigenvalue weighted by Gasteiger charge is -2.27. The summed E-state index contributed by atoms with van der Waals surface area (Å²) in [6.07, 6.45) is 0. The second kappa shape index (κ2) is 13.2. The molecule has 0 fully saturated rings. The highest BCUT2D eigenvalue weighted by Crippen LogP contribution is 2.47. The van der Waals surface area contributed by atoms with E-state index in [1.165, 1.54) is 60.1 Å². The van der Waals surface area contributed by atoms with Gasteiger partial charge in [-0.3, -0.25) is 0 Å². The molecule has 0 radical (unpaired) electrons. The van der Waals surface area contributed by atoms with E-state index in [1.807, 2.05) is 12.1 Å². The fourth-order valence-electron chi connectivity index (χ4n) is 8.72. The Morgan fingerprint density at radius 3 is 1.59 bits per heavy atom. The van der Waals surface area contributed by atoms with Crippen LogP contribution in [0.25, 0.3) is 87.6 Å². The number of rotatable bonds is 6. The van der Waals surface area contributed by atoms with Crippen LogP contribution < -0.4 is 4.90 Å². The Kier molecular flexibility index (Phi) is 7.53. The number of hydrogen-bond acceptors (Lipinski definition) is 2. The van der Waals surface area contributed by atoms with Gasteiger partial charge in [0.25, 0.3) is 0 Å². The molecule has 0 amide bonds. The van der Waals surface area contributed by atoms with Gasteiger partial charge in [-0.15, -0.1) is 0 Å². The molecular formula is C54H35NO. The van der Waals surface area contributed by atoms with Gasteiger partial charge in [0.1, 0.15) is 11.2 Å². The fourth-order valence-corrected chi connectivity index (χ4v) is 8.72. The zero-order chi connectivity index (χ0) is 37.0. The van der Waals surface area contributed by atoms with Gasteiger partial charge >= 0.3 is 0 Å². The predicted octanol–water partition coefficient (Wildman–Crippen LogP) is 15.5. The fraction of sp³-hybridized carbons (Fsp3) is 0. The molecule has 2 heteroatoms. The number of hydrogen-bond donors (Lipinski definition) is 0. The Morgan fingerprint density at radius 1 is 0.286 bits per heavy atom. The molecule has 262 valence electrons. The third-order valence-corrected chi connectivity index (χ3v) is 11.2. The minimum absolute atomic E-state index is 0.863. The summed E-state index contributed by atoms with van der Waals surface area (Å²) in [5.41, 5.74) is 12.1. The number of benzene rings is 10. The zero-order valence-corrected chi connectivity index (χ0v) is 30.6. The smallest absolute Gasteiger partial charge is 0.137 e. The minimum atomic E-state index is 0.863. The van der Waals surface area contributed by atoms with Crippen molar-refractivity contribution in [3.8, 4) is 33.4 Å².